The number of nitrogens with one attached hydrogen (secondary N) is 1. The number of carbonyl (C=O) groups excluding carboxylic acids is 1. The Balaban J connectivity index is 2.06. The smallest absolute Gasteiger partial charge is 0.227 e. The highest BCUT2D eigenvalue weighted by Gasteiger charge is 2.04. The van der Waals surface area contributed by atoms with Crippen LogP contribution >= 0.6 is 11.8 Å². The van der Waals surface area contributed by atoms with Crippen LogP contribution in [0.4, 0.5) is 5.69 Å². The quantitative estimate of drug-likeness (QED) is 0.802. The molecule has 0 aliphatic carbocycles. The zero-order valence-corrected chi connectivity index (χ0v) is 12.2. The maximum atomic E-state index is 10.9. The predicted octanol–water partition coefficient (Wildman–Crippen LogP) is 3.18. The van der Waals surface area contributed by atoms with Gasteiger partial charge >= 0.3 is 0 Å². The number of hydrogen-bond acceptors (Lipinski definition) is 3. The first-order valence-corrected chi connectivity index (χ1v) is 7.44. The maximum Gasteiger partial charge on any atom is 0.227 e. The fraction of sp³-hybridized carbons (Fsp3) is 0.188. The molecule has 0 bridgehead atoms. The summed E-state index contributed by atoms with van der Waals surface area (Å²) in [6.45, 7) is 2.87. The van der Waals surface area contributed by atoms with Gasteiger partial charge in [0.2, 0.25) is 5.91 Å². The highest BCUT2D eigenvalue weighted by molar-refractivity contribution is 8.00. The Morgan fingerprint density at radius 1 is 1.15 bits per heavy atom. The minimum absolute atomic E-state index is 0.295. The van der Waals surface area contributed by atoms with Crippen molar-refractivity contribution in [3.63, 3.8) is 0 Å². The largest absolute Gasteiger partial charge is 0.380 e. The van der Waals surface area contributed by atoms with E-state index in [0.717, 1.165) is 17.1 Å². The summed E-state index contributed by atoms with van der Waals surface area (Å²) >= 11 is 1.46. The van der Waals surface area contributed by atoms with Crippen LogP contribution < -0.4 is 11.1 Å². The number of carbonyl (C=O) groups is 1. The third-order valence-corrected chi connectivity index (χ3v) is 4.08. The second kappa shape index (κ2) is 7.01. The van der Waals surface area contributed by atoms with Crippen LogP contribution in [-0.2, 0) is 11.3 Å². The molecule has 3 nitrogen and oxygen atoms in total. The standard InChI is InChI=1S/C16H18N2OS/c1-12-6-2-3-7-13(12)10-18-14-8-4-5-9-15(14)20-11-16(17)19/h2-9,18H,10-11H2,1H3,(H2,17,19). The van der Waals surface area contributed by atoms with Crippen LogP contribution in [0.25, 0.3) is 0 Å². The number of rotatable bonds is 6. The van der Waals surface area contributed by atoms with Gasteiger partial charge in [-0.2, -0.15) is 0 Å². The van der Waals surface area contributed by atoms with Gasteiger partial charge < -0.3 is 11.1 Å². The summed E-state index contributed by atoms with van der Waals surface area (Å²) in [6, 6.07) is 16.2. The molecule has 20 heavy (non-hydrogen) atoms. The highest BCUT2D eigenvalue weighted by atomic mass is 32.2. The molecule has 0 heterocycles. The molecule has 4 heteroatoms. The topological polar surface area (TPSA) is 55.1 Å². The van der Waals surface area contributed by atoms with Crippen molar-refractivity contribution in [1.29, 1.82) is 0 Å². The SMILES string of the molecule is Cc1ccccc1CNc1ccccc1SCC(N)=O. The Morgan fingerprint density at radius 2 is 1.85 bits per heavy atom. The Kier molecular flexibility index (Phi) is 5.07. The van der Waals surface area contributed by atoms with Gasteiger partial charge in [-0.15, -0.1) is 11.8 Å². The number of primary amides is 1. The average molecular weight is 286 g/mol. The van der Waals surface area contributed by atoms with Crippen LogP contribution in [0.5, 0.6) is 0 Å². The lowest BCUT2D eigenvalue weighted by Crippen LogP contribution is -2.13. The van der Waals surface area contributed by atoms with Crippen molar-refractivity contribution in [2.75, 3.05) is 11.1 Å². The molecular formula is C16H18N2OS. The van der Waals surface area contributed by atoms with Crippen molar-refractivity contribution in [1.82, 2.24) is 0 Å². The molecule has 0 saturated carbocycles. The Hall–Kier alpha value is -1.94. The van der Waals surface area contributed by atoms with E-state index in [4.69, 9.17) is 5.73 Å². The van der Waals surface area contributed by atoms with E-state index in [1.54, 1.807) is 0 Å². The lowest BCUT2D eigenvalue weighted by molar-refractivity contribution is -0.115. The average Bonchev–Trinajstić information content (AvgIpc) is 2.45. The van der Waals surface area contributed by atoms with Gasteiger partial charge in [0.15, 0.2) is 0 Å². The summed E-state index contributed by atoms with van der Waals surface area (Å²) in [5, 5.41) is 3.42. The Bertz CT molecular complexity index is 599. The normalized spacial score (nSPS) is 10.2. The van der Waals surface area contributed by atoms with E-state index >= 15 is 0 Å². The number of hydrogen-bond donors (Lipinski definition) is 2. The molecule has 0 aromatic heterocycles. The Morgan fingerprint density at radius 3 is 2.60 bits per heavy atom. The van der Waals surface area contributed by atoms with Crippen LogP contribution in [0, 0.1) is 6.92 Å². The summed E-state index contributed by atoms with van der Waals surface area (Å²) in [5.41, 5.74) is 8.76. The number of thioether (sulfide) groups is 1. The Labute approximate surface area is 123 Å². The third-order valence-electron chi connectivity index (χ3n) is 2.99. The molecule has 2 aromatic carbocycles. The molecule has 0 aliphatic heterocycles. The molecule has 2 aromatic rings. The first kappa shape index (κ1) is 14.5. The summed E-state index contributed by atoms with van der Waals surface area (Å²) in [4.78, 5) is 11.9. The van der Waals surface area contributed by atoms with Gasteiger partial charge in [-0.05, 0) is 30.2 Å². The maximum absolute atomic E-state index is 10.9. The van der Waals surface area contributed by atoms with Crippen molar-refractivity contribution >= 4 is 23.4 Å². The van der Waals surface area contributed by atoms with E-state index < -0.39 is 0 Å². The number of anilines is 1. The van der Waals surface area contributed by atoms with E-state index in [1.807, 2.05) is 36.4 Å². The van der Waals surface area contributed by atoms with Crippen molar-refractivity contribution in [2.24, 2.45) is 5.73 Å². The minimum atomic E-state index is -0.302. The van der Waals surface area contributed by atoms with Crippen molar-refractivity contribution in [3.05, 3.63) is 59.7 Å². The van der Waals surface area contributed by atoms with Crippen LogP contribution in [0.2, 0.25) is 0 Å². The fourth-order valence-corrected chi connectivity index (χ4v) is 2.65. The van der Waals surface area contributed by atoms with Gasteiger partial charge in [0.25, 0.3) is 0 Å². The van der Waals surface area contributed by atoms with Crippen LogP contribution in [0.3, 0.4) is 0 Å². The number of amides is 1. The molecule has 0 unspecified atom stereocenters. The minimum Gasteiger partial charge on any atom is -0.380 e. The first-order valence-electron chi connectivity index (χ1n) is 6.45. The van der Waals surface area contributed by atoms with Gasteiger partial charge in [0.05, 0.1) is 5.75 Å². The second-order valence-electron chi connectivity index (χ2n) is 4.53. The van der Waals surface area contributed by atoms with Crippen LogP contribution in [0.1, 0.15) is 11.1 Å². The molecule has 104 valence electrons. The van der Waals surface area contributed by atoms with Gasteiger partial charge in [-0.25, -0.2) is 0 Å². The summed E-state index contributed by atoms with van der Waals surface area (Å²) < 4.78 is 0. The molecule has 3 N–H and O–H groups in total. The summed E-state index contributed by atoms with van der Waals surface area (Å²) in [6.07, 6.45) is 0. The number of para-hydroxylation sites is 1. The number of benzene rings is 2. The van der Waals surface area contributed by atoms with E-state index in [9.17, 15) is 4.79 Å². The van der Waals surface area contributed by atoms with Gasteiger partial charge in [-0.3, -0.25) is 4.79 Å². The van der Waals surface area contributed by atoms with E-state index in [1.165, 1.54) is 22.9 Å². The van der Waals surface area contributed by atoms with Crippen molar-refractivity contribution < 1.29 is 4.79 Å². The molecule has 2 rings (SSSR count). The van der Waals surface area contributed by atoms with Gasteiger partial charge in [0.1, 0.15) is 0 Å². The molecule has 0 radical (unpaired) electrons. The fourth-order valence-electron chi connectivity index (χ4n) is 1.89. The van der Waals surface area contributed by atoms with Crippen molar-refractivity contribution in [2.45, 2.75) is 18.4 Å². The lowest BCUT2D eigenvalue weighted by Gasteiger charge is -2.12. The van der Waals surface area contributed by atoms with E-state index in [-0.39, 0.29) is 5.91 Å². The van der Waals surface area contributed by atoms with Gasteiger partial charge in [0, 0.05) is 17.1 Å². The van der Waals surface area contributed by atoms with Gasteiger partial charge in [-0.1, -0.05) is 36.4 Å². The summed E-state index contributed by atoms with van der Waals surface area (Å²) in [7, 11) is 0. The van der Waals surface area contributed by atoms with Crippen LogP contribution in [-0.4, -0.2) is 11.7 Å². The lowest BCUT2D eigenvalue weighted by atomic mass is 10.1. The number of nitrogens with two attached hydrogens (primary N) is 1. The second-order valence-corrected chi connectivity index (χ2v) is 5.55. The number of aryl methyl sites for hydroxylation is 1. The molecular weight excluding hydrogens is 268 g/mol. The first-order chi connectivity index (χ1) is 9.66. The predicted molar refractivity (Wildman–Crippen MR) is 84.9 cm³/mol. The molecule has 0 aliphatic rings. The molecule has 0 atom stereocenters. The monoisotopic (exact) mass is 286 g/mol. The highest BCUT2D eigenvalue weighted by Crippen LogP contribution is 2.27. The van der Waals surface area contributed by atoms with E-state index in [0.29, 0.717) is 5.75 Å². The zero-order chi connectivity index (χ0) is 14.4. The molecule has 0 fully saturated rings. The molecule has 1 amide bonds. The van der Waals surface area contributed by atoms with E-state index in [2.05, 4.69) is 24.4 Å². The third kappa shape index (κ3) is 4.03. The van der Waals surface area contributed by atoms with Crippen LogP contribution in [0.15, 0.2) is 53.4 Å². The molecule has 0 saturated heterocycles. The summed E-state index contributed by atoms with van der Waals surface area (Å²) in [5.74, 6) is -0.00742. The zero-order valence-electron chi connectivity index (χ0n) is 11.4. The molecule has 0 spiro atoms. The van der Waals surface area contributed by atoms with Crippen molar-refractivity contribution in [3.8, 4) is 0 Å².